The van der Waals surface area contributed by atoms with E-state index in [4.69, 9.17) is 4.52 Å². The predicted octanol–water partition coefficient (Wildman–Crippen LogP) is 2.00. The van der Waals surface area contributed by atoms with Crippen LogP contribution in [0.5, 0.6) is 0 Å². The molecule has 0 saturated carbocycles. The Morgan fingerprint density at radius 1 is 1.17 bits per heavy atom. The van der Waals surface area contributed by atoms with Crippen molar-refractivity contribution in [3.63, 3.8) is 0 Å². The summed E-state index contributed by atoms with van der Waals surface area (Å²) in [6.07, 6.45) is 3.17. The minimum Gasteiger partial charge on any atom is -0.392 e. The maximum atomic E-state index is 12.8. The van der Waals surface area contributed by atoms with Crippen molar-refractivity contribution in [3.8, 4) is 0 Å². The minimum absolute atomic E-state index is 0.00275. The summed E-state index contributed by atoms with van der Waals surface area (Å²) >= 11 is 0. The quantitative estimate of drug-likeness (QED) is 0.640. The monoisotopic (exact) mass is 395 g/mol. The van der Waals surface area contributed by atoms with Crippen molar-refractivity contribution in [2.24, 2.45) is 0 Å². The number of rotatable bonds is 6. The number of hydrogen-bond acceptors (Lipinski definition) is 6. The zero-order valence-electron chi connectivity index (χ0n) is 16.2. The molecular formula is C20H21N5O4. The standard InChI is InChI=1S/C20H21N5O4/c1-13-18(14(2)29-22-13)10-24-9-17(7-21-24)25-19(27)11-23(20(25)28)8-15-4-3-5-16(6-15)12-26/h3-7,9,26H,8,10-12H2,1-2H3. The molecule has 1 N–H and O–H groups in total. The molecule has 0 radical (unpaired) electrons. The molecule has 2 aromatic heterocycles. The number of aryl methyl sites for hydroxylation is 2. The summed E-state index contributed by atoms with van der Waals surface area (Å²) in [4.78, 5) is 28.0. The Morgan fingerprint density at radius 3 is 2.69 bits per heavy atom. The van der Waals surface area contributed by atoms with Crippen LogP contribution in [0.3, 0.4) is 0 Å². The van der Waals surface area contributed by atoms with Gasteiger partial charge in [-0.05, 0) is 25.0 Å². The van der Waals surface area contributed by atoms with Gasteiger partial charge in [-0.15, -0.1) is 0 Å². The van der Waals surface area contributed by atoms with Crippen molar-refractivity contribution in [1.82, 2.24) is 19.8 Å². The molecule has 9 heteroatoms. The van der Waals surface area contributed by atoms with Crippen LogP contribution in [0.2, 0.25) is 0 Å². The normalized spacial score (nSPS) is 14.3. The summed E-state index contributed by atoms with van der Waals surface area (Å²) in [6, 6.07) is 6.92. The lowest BCUT2D eigenvalue weighted by atomic mass is 10.1. The molecule has 3 amide bonds. The zero-order valence-corrected chi connectivity index (χ0v) is 16.2. The Balaban J connectivity index is 1.50. The number of anilines is 1. The van der Waals surface area contributed by atoms with Crippen LogP contribution in [0.1, 0.15) is 28.1 Å². The van der Waals surface area contributed by atoms with E-state index >= 15 is 0 Å². The Labute approximate surface area is 167 Å². The highest BCUT2D eigenvalue weighted by molar-refractivity contribution is 6.19. The first-order chi connectivity index (χ1) is 14.0. The maximum absolute atomic E-state index is 12.8. The van der Waals surface area contributed by atoms with Gasteiger partial charge in [-0.25, -0.2) is 9.69 Å². The highest BCUT2D eigenvalue weighted by atomic mass is 16.5. The summed E-state index contributed by atoms with van der Waals surface area (Å²) in [5, 5.41) is 17.5. The number of carbonyl (C=O) groups is 2. The number of benzene rings is 1. The fraction of sp³-hybridized carbons (Fsp3) is 0.300. The second kappa shape index (κ2) is 7.51. The second-order valence-electron chi connectivity index (χ2n) is 7.04. The molecule has 1 saturated heterocycles. The number of nitrogens with zero attached hydrogens (tertiary/aromatic N) is 5. The van der Waals surface area contributed by atoms with Crippen LogP contribution in [0, 0.1) is 13.8 Å². The molecule has 3 heterocycles. The third kappa shape index (κ3) is 3.64. The van der Waals surface area contributed by atoms with Gasteiger partial charge in [0.25, 0.3) is 5.91 Å². The van der Waals surface area contributed by atoms with E-state index in [1.165, 1.54) is 11.1 Å². The molecule has 9 nitrogen and oxygen atoms in total. The molecule has 0 spiro atoms. The fourth-order valence-corrected chi connectivity index (χ4v) is 3.42. The molecular weight excluding hydrogens is 374 g/mol. The van der Waals surface area contributed by atoms with Crippen LogP contribution in [0.15, 0.2) is 41.2 Å². The van der Waals surface area contributed by atoms with Crippen LogP contribution in [-0.2, 0) is 24.5 Å². The number of aliphatic hydroxyl groups is 1. The first kappa shape index (κ1) is 18.9. The topological polar surface area (TPSA) is 105 Å². The van der Waals surface area contributed by atoms with Gasteiger partial charge in [0.1, 0.15) is 12.3 Å². The highest BCUT2D eigenvalue weighted by Gasteiger charge is 2.37. The maximum Gasteiger partial charge on any atom is 0.332 e. The SMILES string of the molecule is Cc1noc(C)c1Cn1cc(N2C(=O)CN(Cc3cccc(CO)c3)C2=O)cn1. The van der Waals surface area contributed by atoms with Gasteiger partial charge in [0.15, 0.2) is 0 Å². The van der Waals surface area contributed by atoms with E-state index in [-0.39, 0.29) is 25.1 Å². The lowest BCUT2D eigenvalue weighted by Gasteiger charge is -2.16. The number of amides is 3. The van der Waals surface area contributed by atoms with E-state index in [9.17, 15) is 14.7 Å². The molecule has 0 bridgehead atoms. The van der Waals surface area contributed by atoms with Gasteiger partial charge in [-0.2, -0.15) is 5.10 Å². The Kier molecular flexibility index (Phi) is 4.89. The molecule has 1 aliphatic heterocycles. The van der Waals surface area contributed by atoms with Crippen LogP contribution in [-0.4, -0.2) is 43.4 Å². The second-order valence-corrected chi connectivity index (χ2v) is 7.04. The van der Waals surface area contributed by atoms with E-state index < -0.39 is 0 Å². The van der Waals surface area contributed by atoms with Gasteiger partial charge in [0.2, 0.25) is 0 Å². The summed E-state index contributed by atoms with van der Waals surface area (Å²) in [6.45, 7) is 4.34. The van der Waals surface area contributed by atoms with Gasteiger partial charge in [0.05, 0.1) is 30.7 Å². The molecule has 0 unspecified atom stereocenters. The van der Waals surface area contributed by atoms with Gasteiger partial charge in [0, 0.05) is 18.3 Å². The molecule has 1 fully saturated rings. The van der Waals surface area contributed by atoms with Crippen molar-refractivity contribution in [2.45, 2.75) is 33.5 Å². The first-order valence-electron chi connectivity index (χ1n) is 9.21. The Hall–Kier alpha value is -3.46. The molecule has 29 heavy (non-hydrogen) atoms. The van der Waals surface area contributed by atoms with Crippen LogP contribution >= 0.6 is 0 Å². The lowest BCUT2D eigenvalue weighted by molar-refractivity contribution is -0.116. The van der Waals surface area contributed by atoms with E-state index in [1.807, 2.05) is 32.0 Å². The predicted molar refractivity (Wildman–Crippen MR) is 103 cm³/mol. The van der Waals surface area contributed by atoms with Crippen molar-refractivity contribution >= 4 is 17.6 Å². The third-order valence-corrected chi connectivity index (χ3v) is 4.96. The van der Waals surface area contributed by atoms with Crippen LogP contribution in [0.4, 0.5) is 10.5 Å². The van der Waals surface area contributed by atoms with Gasteiger partial charge in [-0.1, -0.05) is 29.4 Å². The summed E-state index contributed by atoms with van der Waals surface area (Å²) in [7, 11) is 0. The average Bonchev–Trinajstić information content (AvgIpc) is 3.37. The van der Waals surface area contributed by atoms with Gasteiger partial charge < -0.3 is 14.5 Å². The fourth-order valence-electron chi connectivity index (χ4n) is 3.42. The Bertz CT molecular complexity index is 1050. The number of imide groups is 1. The number of aliphatic hydroxyl groups excluding tert-OH is 1. The van der Waals surface area contributed by atoms with Gasteiger partial charge >= 0.3 is 6.03 Å². The number of urea groups is 1. The van der Waals surface area contributed by atoms with E-state index in [0.717, 1.165) is 27.3 Å². The number of carbonyl (C=O) groups excluding carboxylic acids is 2. The zero-order chi connectivity index (χ0) is 20.5. The molecule has 1 aromatic carbocycles. The van der Waals surface area contributed by atoms with Crippen molar-refractivity contribution in [2.75, 3.05) is 11.4 Å². The highest BCUT2D eigenvalue weighted by Crippen LogP contribution is 2.23. The number of hydrogen-bond donors (Lipinski definition) is 1. The molecule has 1 aliphatic rings. The lowest BCUT2D eigenvalue weighted by Crippen LogP contribution is -2.32. The van der Waals surface area contributed by atoms with Crippen LogP contribution in [0.25, 0.3) is 0 Å². The smallest absolute Gasteiger partial charge is 0.332 e. The summed E-state index contributed by atoms with van der Waals surface area (Å²) in [5.41, 5.74) is 3.75. The molecule has 4 rings (SSSR count). The number of aromatic nitrogens is 3. The molecule has 0 aliphatic carbocycles. The van der Waals surface area contributed by atoms with Crippen LogP contribution < -0.4 is 4.90 Å². The minimum atomic E-state index is -0.388. The summed E-state index contributed by atoms with van der Waals surface area (Å²) < 4.78 is 6.81. The largest absolute Gasteiger partial charge is 0.392 e. The van der Waals surface area contributed by atoms with Gasteiger partial charge in [-0.3, -0.25) is 9.48 Å². The molecule has 3 aromatic rings. The molecule has 0 atom stereocenters. The van der Waals surface area contributed by atoms with E-state index in [1.54, 1.807) is 16.9 Å². The summed E-state index contributed by atoms with van der Waals surface area (Å²) in [5.74, 6) is 0.411. The van der Waals surface area contributed by atoms with Crippen molar-refractivity contribution < 1.29 is 19.2 Å². The van der Waals surface area contributed by atoms with E-state index in [0.29, 0.717) is 24.5 Å². The first-order valence-corrected chi connectivity index (χ1v) is 9.21. The van der Waals surface area contributed by atoms with E-state index in [2.05, 4.69) is 10.3 Å². The van der Waals surface area contributed by atoms with Crippen molar-refractivity contribution in [3.05, 3.63) is 64.8 Å². The average molecular weight is 395 g/mol. The Morgan fingerprint density at radius 2 is 1.97 bits per heavy atom. The molecule has 150 valence electrons. The van der Waals surface area contributed by atoms with Crippen molar-refractivity contribution in [1.29, 1.82) is 0 Å². The third-order valence-electron chi connectivity index (χ3n) is 4.96.